The SMILES string of the molecule is COc1ccc(S(=O)(=O)NC2CC2)cc1NC(=O)Cc1ccsc1. The third-order valence-corrected chi connectivity index (χ3v) is 5.85. The molecule has 0 atom stereocenters. The van der Waals surface area contributed by atoms with Gasteiger partial charge in [-0.2, -0.15) is 11.3 Å². The number of sulfonamides is 1. The fraction of sp³-hybridized carbons (Fsp3) is 0.312. The van der Waals surface area contributed by atoms with Crippen molar-refractivity contribution in [3.8, 4) is 5.75 Å². The molecule has 1 aliphatic rings. The number of rotatable bonds is 7. The van der Waals surface area contributed by atoms with Crippen molar-refractivity contribution in [3.63, 3.8) is 0 Å². The van der Waals surface area contributed by atoms with E-state index in [0.717, 1.165) is 18.4 Å². The van der Waals surface area contributed by atoms with Gasteiger partial charge in [0.15, 0.2) is 0 Å². The summed E-state index contributed by atoms with van der Waals surface area (Å²) in [5, 5.41) is 6.53. The van der Waals surface area contributed by atoms with E-state index < -0.39 is 10.0 Å². The van der Waals surface area contributed by atoms with Gasteiger partial charge >= 0.3 is 0 Å². The van der Waals surface area contributed by atoms with Gasteiger partial charge in [-0.15, -0.1) is 0 Å². The van der Waals surface area contributed by atoms with Crippen LogP contribution in [0.15, 0.2) is 39.9 Å². The molecule has 6 nitrogen and oxygen atoms in total. The van der Waals surface area contributed by atoms with Gasteiger partial charge in [-0.05, 0) is 53.4 Å². The minimum Gasteiger partial charge on any atom is -0.495 e. The van der Waals surface area contributed by atoms with Crippen molar-refractivity contribution in [1.29, 1.82) is 0 Å². The molecule has 128 valence electrons. The maximum atomic E-state index is 12.3. The average Bonchev–Trinajstić information content (AvgIpc) is 3.19. The number of hydrogen-bond donors (Lipinski definition) is 2. The first-order chi connectivity index (χ1) is 11.5. The smallest absolute Gasteiger partial charge is 0.240 e. The van der Waals surface area contributed by atoms with Crippen molar-refractivity contribution < 1.29 is 17.9 Å². The molecule has 0 aliphatic heterocycles. The monoisotopic (exact) mass is 366 g/mol. The second-order valence-corrected chi connectivity index (χ2v) is 8.11. The third kappa shape index (κ3) is 4.14. The van der Waals surface area contributed by atoms with Crippen LogP contribution in [0, 0.1) is 0 Å². The van der Waals surface area contributed by atoms with E-state index in [-0.39, 0.29) is 23.3 Å². The van der Waals surface area contributed by atoms with Crippen LogP contribution < -0.4 is 14.8 Å². The number of thiophene rings is 1. The maximum Gasteiger partial charge on any atom is 0.240 e. The van der Waals surface area contributed by atoms with E-state index in [0.29, 0.717) is 11.4 Å². The molecule has 0 unspecified atom stereocenters. The Kier molecular flexibility index (Phi) is 4.88. The zero-order valence-corrected chi connectivity index (χ0v) is 14.7. The van der Waals surface area contributed by atoms with Gasteiger partial charge in [0.05, 0.1) is 24.1 Å². The van der Waals surface area contributed by atoms with Gasteiger partial charge in [0.2, 0.25) is 15.9 Å². The number of carbonyl (C=O) groups excluding carboxylic acids is 1. The highest BCUT2D eigenvalue weighted by atomic mass is 32.2. The Labute approximate surface area is 144 Å². The quantitative estimate of drug-likeness (QED) is 0.788. The third-order valence-electron chi connectivity index (χ3n) is 3.60. The predicted octanol–water partition coefficient (Wildman–Crippen LogP) is 2.38. The van der Waals surface area contributed by atoms with E-state index in [1.165, 1.54) is 30.6 Å². The summed E-state index contributed by atoms with van der Waals surface area (Å²) >= 11 is 1.52. The van der Waals surface area contributed by atoms with Crippen molar-refractivity contribution in [2.45, 2.75) is 30.2 Å². The summed E-state index contributed by atoms with van der Waals surface area (Å²) in [6.45, 7) is 0. The number of ether oxygens (including phenoxy) is 1. The Morgan fingerprint density at radius 2 is 2.12 bits per heavy atom. The van der Waals surface area contributed by atoms with Gasteiger partial charge in [-0.1, -0.05) is 0 Å². The molecule has 2 aromatic rings. The Bertz CT molecular complexity index is 828. The Hall–Kier alpha value is -1.90. The molecule has 1 aliphatic carbocycles. The second-order valence-electron chi connectivity index (χ2n) is 5.61. The van der Waals surface area contributed by atoms with Crippen molar-refractivity contribution in [2.24, 2.45) is 0 Å². The highest BCUT2D eigenvalue weighted by Gasteiger charge is 2.28. The summed E-state index contributed by atoms with van der Waals surface area (Å²) < 4.78 is 32.5. The first-order valence-corrected chi connectivity index (χ1v) is 9.92. The van der Waals surface area contributed by atoms with Crippen molar-refractivity contribution in [3.05, 3.63) is 40.6 Å². The standard InChI is InChI=1S/C16H18N2O4S2/c1-22-15-5-4-13(24(20,21)18-12-2-3-12)9-14(15)17-16(19)8-11-6-7-23-10-11/h4-7,9-10,12,18H,2-3,8H2,1H3,(H,17,19). The summed E-state index contributed by atoms with van der Waals surface area (Å²) in [6.07, 6.45) is 1.95. The molecule has 8 heteroatoms. The van der Waals surface area contributed by atoms with Crippen LogP contribution in [0.5, 0.6) is 5.75 Å². The molecule has 1 heterocycles. The van der Waals surface area contributed by atoms with Crippen molar-refractivity contribution >= 4 is 33.0 Å². The molecule has 0 radical (unpaired) electrons. The van der Waals surface area contributed by atoms with E-state index in [1.807, 2.05) is 16.8 Å². The average molecular weight is 366 g/mol. The Morgan fingerprint density at radius 3 is 2.75 bits per heavy atom. The number of hydrogen-bond acceptors (Lipinski definition) is 5. The lowest BCUT2D eigenvalue weighted by Gasteiger charge is -2.12. The maximum absolute atomic E-state index is 12.3. The van der Waals surface area contributed by atoms with Crippen molar-refractivity contribution in [1.82, 2.24) is 4.72 Å². The largest absolute Gasteiger partial charge is 0.495 e. The molecular weight excluding hydrogens is 348 g/mol. The number of carbonyl (C=O) groups is 1. The molecule has 1 amide bonds. The lowest BCUT2D eigenvalue weighted by atomic mass is 10.2. The zero-order valence-electron chi connectivity index (χ0n) is 13.1. The molecule has 0 saturated heterocycles. The summed E-state index contributed by atoms with van der Waals surface area (Å²) in [4.78, 5) is 12.3. The number of amides is 1. The molecule has 1 saturated carbocycles. The Balaban J connectivity index is 1.80. The molecular formula is C16H18N2O4S2. The number of nitrogens with one attached hydrogen (secondary N) is 2. The fourth-order valence-corrected chi connectivity index (χ4v) is 4.21. The summed E-state index contributed by atoms with van der Waals surface area (Å²) in [5.74, 6) is 0.190. The van der Waals surface area contributed by atoms with E-state index >= 15 is 0 Å². The lowest BCUT2D eigenvalue weighted by Crippen LogP contribution is -2.26. The van der Waals surface area contributed by atoms with Crippen LogP contribution >= 0.6 is 11.3 Å². The molecule has 1 aromatic heterocycles. The van der Waals surface area contributed by atoms with Gasteiger partial charge in [-0.3, -0.25) is 4.79 Å². The van der Waals surface area contributed by atoms with Crippen molar-refractivity contribution in [2.75, 3.05) is 12.4 Å². The fourth-order valence-electron chi connectivity index (χ4n) is 2.21. The predicted molar refractivity (Wildman–Crippen MR) is 93.0 cm³/mol. The second kappa shape index (κ2) is 6.92. The van der Waals surface area contributed by atoms with E-state index in [9.17, 15) is 13.2 Å². The van der Waals surface area contributed by atoms with Crippen LogP contribution in [-0.4, -0.2) is 27.5 Å². The van der Waals surface area contributed by atoms with Crippen LogP contribution in [0.4, 0.5) is 5.69 Å². The molecule has 2 N–H and O–H groups in total. The first-order valence-electron chi connectivity index (χ1n) is 7.49. The molecule has 1 aromatic carbocycles. The summed E-state index contributed by atoms with van der Waals surface area (Å²) in [7, 11) is -2.11. The number of anilines is 1. The van der Waals surface area contributed by atoms with Gasteiger partial charge in [0, 0.05) is 6.04 Å². The van der Waals surface area contributed by atoms with Gasteiger partial charge in [0.25, 0.3) is 0 Å². The lowest BCUT2D eigenvalue weighted by molar-refractivity contribution is -0.115. The topological polar surface area (TPSA) is 84.5 Å². The molecule has 24 heavy (non-hydrogen) atoms. The molecule has 0 spiro atoms. The van der Waals surface area contributed by atoms with E-state index in [1.54, 1.807) is 6.07 Å². The van der Waals surface area contributed by atoms with Crippen LogP contribution in [0.3, 0.4) is 0 Å². The highest BCUT2D eigenvalue weighted by Crippen LogP contribution is 2.29. The molecule has 0 bridgehead atoms. The minimum atomic E-state index is -3.59. The molecule has 1 fully saturated rings. The van der Waals surface area contributed by atoms with Gasteiger partial charge < -0.3 is 10.1 Å². The minimum absolute atomic E-state index is 0.0220. The van der Waals surface area contributed by atoms with Gasteiger partial charge in [0.1, 0.15) is 5.75 Å². The van der Waals surface area contributed by atoms with Crippen LogP contribution in [-0.2, 0) is 21.2 Å². The first kappa shape index (κ1) is 16.9. The number of methoxy groups -OCH3 is 1. The van der Waals surface area contributed by atoms with Crippen LogP contribution in [0.1, 0.15) is 18.4 Å². The van der Waals surface area contributed by atoms with Gasteiger partial charge in [-0.25, -0.2) is 13.1 Å². The summed E-state index contributed by atoms with van der Waals surface area (Å²) in [5.41, 5.74) is 1.26. The van der Waals surface area contributed by atoms with E-state index in [4.69, 9.17) is 4.74 Å². The molecule has 3 rings (SSSR count). The number of benzene rings is 1. The summed E-state index contributed by atoms with van der Waals surface area (Å²) in [6, 6.07) is 6.34. The normalized spacial score (nSPS) is 14.4. The Morgan fingerprint density at radius 1 is 1.33 bits per heavy atom. The van der Waals surface area contributed by atoms with E-state index in [2.05, 4.69) is 10.0 Å². The van der Waals surface area contributed by atoms with Crippen LogP contribution in [0.25, 0.3) is 0 Å². The highest BCUT2D eigenvalue weighted by molar-refractivity contribution is 7.89. The zero-order chi connectivity index (χ0) is 17.2. The van der Waals surface area contributed by atoms with Crippen LogP contribution in [0.2, 0.25) is 0 Å².